The smallest absolute Gasteiger partial charge is 0.0351 e. The first-order valence-corrected chi connectivity index (χ1v) is 8.06. The minimum atomic E-state index is 0.830. The van der Waals surface area contributed by atoms with Gasteiger partial charge in [-0.15, -0.1) is 0 Å². The Labute approximate surface area is 114 Å². The zero-order valence-corrected chi connectivity index (χ0v) is 12.0. The molecule has 0 aromatic heterocycles. The van der Waals surface area contributed by atoms with Gasteiger partial charge in [-0.3, -0.25) is 9.80 Å². The first-order chi connectivity index (χ1) is 8.81. The lowest BCUT2D eigenvalue weighted by Crippen LogP contribution is -2.60. The van der Waals surface area contributed by atoms with Crippen LogP contribution in [-0.2, 0) is 6.54 Å². The highest BCUT2D eigenvalue weighted by molar-refractivity contribution is 7.99. The molecule has 0 saturated carbocycles. The van der Waals surface area contributed by atoms with E-state index < -0.39 is 0 Å². The van der Waals surface area contributed by atoms with Crippen LogP contribution in [0.1, 0.15) is 11.1 Å². The Bertz CT molecular complexity index is 378. The molecule has 2 nitrogen and oxygen atoms in total. The van der Waals surface area contributed by atoms with Gasteiger partial charge in [0.05, 0.1) is 0 Å². The van der Waals surface area contributed by atoms with Gasteiger partial charge in [0.2, 0.25) is 0 Å². The molecule has 0 aliphatic carbocycles. The first kappa shape index (κ1) is 12.5. The van der Waals surface area contributed by atoms with E-state index in [0.29, 0.717) is 0 Å². The maximum absolute atomic E-state index is 2.68. The summed E-state index contributed by atoms with van der Waals surface area (Å²) in [4.78, 5) is 5.25. The highest BCUT2D eigenvalue weighted by Crippen LogP contribution is 2.21. The van der Waals surface area contributed by atoms with Gasteiger partial charge in [-0.05, 0) is 12.5 Å². The predicted molar refractivity (Wildman–Crippen MR) is 79.1 cm³/mol. The van der Waals surface area contributed by atoms with Crippen molar-refractivity contribution in [3.63, 3.8) is 0 Å². The molecule has 0 amide bonds. The van der Waals surface area contributed by atoms with Crippen LogP contribution in [0.5, 0.6) is 0 Å². The summed E-state index contributed by atoms with van der Waals surface area (Å²) in [6.07, 6.45) is 0. The topological polar surface area (TPSA) is 6.48 Å². The van der Waals surface area contributed by atoms with Gasteiger partial charge in [-0.2, -0.15) is 11.8 Å². The Morgan fingerprint density at radius 3 is 2.44 bits per heavy atom. The highest BCUT2D eigenvalue weighted by Gasteiger charge is 2.31. The summed E-state index contributed by atoms with van der Waals surface area (Å²) >= 11 is 2.10. The fourth-order valence-electron chi connectivity index (χ4n) is 2.80. The molecule has 18 heavy (non-hydrogen) atoms. The van der Waals surface area contributed by atoms with Crippen LogP contribution >= 0.6 is 11.8 Å². The average molecular weight is 262 g/mol. The normalized spacial score (nSPS) is 22.9. The molecule has 0 radical (unpaired) electrons. The Hall–Kier alpha value is -0.510. The second-order valence-electron chi connectivity index (χ2n) is 5.48. The van der Waals surface area contributed by atoms with Crippen LogP contribution in [0, 0.1) is 6.92 Å². The molecule has 3 rings (SSSR count). The summed E-state index contributed by atoms with van der Waals surface area (Å²) in [5, 5.41) is 0. The lowest BCUT2D eigenvalue weighted by atomic mass is 10.0. The van der Waals surface area contributed by atoms with E-state index in [1.165, 1.54) is 48.8 Å². The molecule has 0 bridgehead atoms. The SMILES string of the molecule is Cc1ccc(CN2CC(N3CCSCC3)C2)cc1. The van der Waals surface area contributed by atoms with Crippen molar-refractivity contribution in [2.45, 2.75) is 19.5 Å². The van der Waals surface area contributed by atoms with Crippen LogP contribution in [0.15, 0.2) is 24.3 Å². The number of thioether (sulfide) groups is 1. The predicted octanol–water partition coefficient (Wildman–Crippen LogP) is 2.23. The zero-order valence-electron chi connectivity index (χ0n) is 11.1. The summed E-state index contributed by atoms with van der Waals surface area (Å²) < 4.78 is 0. The van der Waals surface area contributed by atoms with E-state index in [-0.39, 0.29) is 0 Å². The molecule has 1 aromatic rings. The lowest BCUT2D eigenvalue weighted by molar-refractivity contribution is 0.0343. The summed E-state index contributed by atoms with van der Waals surface area (Å²) in [5.41, 5.74) is 2.80. The minimum Gasteiger partial charge on any atom is -0.296 e. The van der Waals surface area contributed by atoms with E-state index in [2.05, 4.69) is 52.8 Å². The third-order valence-electron chi connectivity index (χ3n) is 4.03. The monoisotopic (exact) mass is 262 g/mol. The maximum Gasteiger partial charge on any atom is 0.0351 e. The van der Waals surface area contributed by atoms with Gasteiger partial charge in [0, 0.05) is 50.3 Å². The number of nitrogens with zero attached hydrogens (tertiary/aromatic N) is 2. The molecular formula is C15H22N2S. The average Bonchev–Trinajstić information content (AvgIpc) is 2.36. The maximum atomic E-state index is 2.68. The summed E-state index contributed by atoms with van der Waals surface area (Å²) in [6, 6.07) is 9.79. The Morgan fingerprint density at radius 1 is 1.11 bits per heavy atom. The molecule has 1 aromatic carbocycles. The van der Waals surface area contributed by atoms with Crippen molar-refractivity contribution in [2.75, 3.05) is 37.7 Å². The van der Waals surface area contributed by atoms with E-state index in [9.17, 15) is 0 Å². The molecule has 0 spiro atoms. The molecule has 2 aliphatic rings. The van der Waals surface area contributed by atoms with Crippen molar-refractivity contribution in [3.05, 3.63) is 35.4 Å². The van der Waals surface area contributed by atoms with Crippen LogP contribution in [0.2, 0.25) is 0 Å². The van der Waals surface area contributed by atoms with Gasteiger partial charge < -0.3 is 0 Å². The standard InChI is InChI=1S/C15H22N2S/c1-13-2-4-14(5-3-13)10-16-11-15(12-16)17-6-8-18-9-7-17/h2-5,15H,6-12H2,1H3. The number of hydrogen-bond acceptors (Lipinski definition) is 3. The molecule has 98 valence electrons. The summed E-state index contributed by atoms with van der Waals surface area (Å²) in [7, 11) is 0. The van der Waals surface area contributed by atoms with E-state index in [4.69, 9.17) is 0 Å². The van der Waals surface area contributed by atoms with Crippen LogP contribution in [0.25, 0.3) is 0 Å². The van der Waals surface area contributed by atoms with Crippen LogP contribution in [0.3, 0.4) is 0 Å². The van der Waals surface area contributed by atoms with E-state index >= 15 is 0 Å². The van der Waals surface area contributed by atoms with Crippen LogP contribution in [0.4, 0.5) is 0 Å². The second-order valence-corrected chi connectivity index (χ2v) is 6.71. The van der Waals surface area contributed by atoms with Crippen molar-refractivity contribution in [2.24, 2.45) is 0 Å². The van der Waals surface area contributed by atoms with Crippen molar-refractivity contribution in [1.82, 2.24) is 9.80 Å². The molecule has 0 atom stereocenters. The third kappa shape index (κ3) is 2.90. The van der Waals surface area contributed by atoms with E-state index in [1.54, 1.807) is 0 Å². The second kappa shape index (κ2) is 5.64. The van der Waals surface area contributed by atoms with Gasteiger partial charge in [-0.1, -0.05) is 29.8 Å². The molecule has 2 saturated heterocycles. The Balaban J connectivity index is 1.46. The minimum absolute atomic E-state index is 0.830. The van der Waals surface area contributed by atoms with Gasteiger partial charge in [0.1, 0.15) is 0 Å². The molecular weight excluding hydrogens is 240 g/mol. The van der Waals surface area contributed by atoms with Crippen LogP contribution in [-0.4, -0.2) is 53.5 Å². The highest BCUT2D eigenvalue weighted by atomic mass is 32.2. The van der Waals surface area contributed by atoms with E-state index in [1.807, 2.05) is 0 Å². The first-order valence-electron chi connectivity index (χ1n) is 6.91. The molecule has 3 heteroatoms. The largest absolute Gasteiger partial charge is 0.296 e. The van der Waals surface area contributed by atoms with E-state index in [0.717, 1.165) is 12.6 Å². The van der Waals surface area contributed by atoms with Crippen molar-refractivity contribution in [3.8, 4) is 0 Å². The number of hydrogen-bond donors (Lipinski definition) is 0. The van der Waals surface area contributed by atoms with Crippen molar-refractivity contribution >= 4 is 11.8 Å². The fraction of sp³-hybridized carbons (Fsp3) is 0.600. The van der Waals surface area contributed by atoms with Gasteiger partial charge in [0.15, 0.2) is 0 Å². The van der Waals surface area contributed by atoms with Crippen molar-refractivity contribution in [1.29, 1.82) is 0 Å². The molecule has 2 fully saturated rings. The lowest BCUT2D eigenvalue weighted by Gasteiger charge is -2.46. The summed E-state index contributed by atoms with van der Waals surface area (Å²) in [6.45, 7) is 8.40. The Kier molecular flexibility index (Phi) is 3.92. The zero-order chi connectivity index (χ0) is 12.4. The fourth-order valence-corrected chi connectivity index (χ4v) is 3.73. The van der Waals surface area contributed by atoms with Crippen molar-refractivity contribution < 1.29 is 0 Å². The van der Waals surface area contributed by atoms with Gasteiger partial charge in [0.25, 0.3) is 0 Å². The quantitative estimate of drug-likeness (QED) is 0.825. The Morgan fingerprint density at radius 2 is 1.78 bits per heavy atom. The van der Waals surface area contributed by atoms with Gasteiger partial charge in [-0.25, -0.2) is 0 Å². The third-order valence-corrected chi connectivity index (χ3v) is 4.97. The molecule has 2 aliphatic heterocycles. The van der Waals surface area contributed by atoms with Gasteiger partial charge >= 0.3 is 0 Å². The number of likely N-dealkylation sites (tertiary alicyclic amines) is 1. The molecule has 0 unspecified atom stereocenters. The number of rotatable bonds is 3. The number of benzene rings is 1. The number of aryl methyl sites for hydroxylation is 1. The summed E-state index contributed by atoms with van der Waals surface area (Å²) in [5.74, 6) is 2.66. The molecule has 0 N–H and O–H groups in total. The molecule has 2 heterocycles. The van der Waals surface area contributed by atoms with Crippen LogP contribution < -0.4 is 0 Å².